The predicted octanol–water partition coefficient (Wildman–Crippen LogP) is -1.27. The molecule has 11 heavy (non-hydrogen) atoms. The van der Waals surface area contributed by atoms with E-state index >= 15 is 0 Å². The van der Waals surface area contributed by atoms with Crippen LogP contribution in [-0.2, 0) is 0 Å². The van der Waals surface area contributed by atoms with Gasteiger partial charge < -0.3 is 17.2 Å². The van der Waals surface area contributed by atoms with Crippen LogP contribution in [-0.4, -0.2) is 15.0 Å². The summed E-state index contributed by atoms with van der Waals surface area (Å²) in [5, 5.41) is 0. The Kier molecular flexibility index (Phi) is 5.86. The Labute approximate surface area is 70.6 Å². The van der Waals surface area contributed by atoms with Crippen LogP contribution in [0.25, 0.3) is 0 Å². The average Bonchev–Trinajstić information content (AvgIpc) is 1.59. The summed E-state index contributed by atoms with van der Waals surface area (Å²) in [5.41, 5.74) is 15.4. The largest absolute Gasteiger partial charge is 0.368 e. The lowest BCUT2D eigenvalue weighted by molar-refractivity contribution is 1.09. The van der Waals surface area contributed by atoms with Crippen molar-refractivity contribution in [3.63, 3.8) is 0 Å². The molecule has 1 aromatic heterocycles. The number of nitrogens with two attached hydrogens (primary N) is 3. The average molecular weight is 194 g/mol. The van der Waals surface area contributed by atoms with Crippen molar-refractivity contribution < 1.29 is 0 Å². The fourth-order valence-corrected chi connectivity index (χ4v) is 0.427. The fourth-order valence-electron chi connectivity index (χ4n) is 0.427. The van der Waals surface area contributed by atoms with E-state index in [4.69, 9.17) is 17.2 Å². The molecule has 0 amide bonds. The number of rotatable bonds is 0. The van der Waals surface area contributed by atoms with Gasteiger partial charge in [0.2, 0.25) is 17.8 Å². The third kappa shape index (κ3) is 3.86. The van der Waals surface area contributed by atoms with E-state index in [9.17, 15) is 0 Å². The van der Waals surface area contributed by atoms with Crippen LogP contribution in [0.3, 0.4) is 0 Å². The summed E-state index contributed by atoms with van der Waals surface area (Å²) in [7, 11) is 0. The van der Waals surface area contributed by atoms with Crippen LogP contribution in [0.4, 0.5) is 17.8 Å². The summed E-state index contributed by atoms with van der Waals surface area (Å²) in [6.07, 6.45) is 0. The zero-order valence-electron chi connectivity index (χ0n) is 5.99. The molecular weight excluding hydrogens is 182 g/mol. The molecule has 64 valence electrons. The first-order valence-corrected chi connectivity index (χ1v) is 2.21. The summed E-state index contributed by atoms with van der Waals surface area (Å²) in [5.74, 6) is 0.125. The van der Waals surface area contributed by atoms with Gasteiger partial charge in [-0.25, -0.2) is 0 Å². The van der Waals surface area contributed by atoms with Crippen LogP contribution < -0.4 is 17.2 Å². The Balaban J connectivity index is 0. The van der Waals surface area contributed by atoms with Crippen molar-refractivity contribution in [1.29, 1.82) is 0 Å². The van der Waals surface area contributed by atoms with E-state index in [1.54, 1.807) is 0 Å². The van der Waals surface area contributed by atoms with E-state index in [0.29, 0.717) is 0 Å². The van der Waals surface area contributed by atoms with Gasteiger partial charge in [-0.15, -0.1) is 0 Å². The molecule has 2 atom stereocenters. The van der Waals surface area contributed by atoms with Crippen molar-refractivity contribution in [2.24, 2.45) is 0 Å². The SMILES string of the molecule is Nc1nc(N)nc(N)n1.P.P. The van der Waals surface area contributed by atoms with Gasteiger partial charge >= 0.3 is 0 Å². The molecule has 0 aliphatic rings. The van der Waals surface area contributed by atoms with E-state index in [1.807, 2.05) is 0 Å². The molecule has 6 N–H and O–H groups in total. The molecule has 0 saturated heterocycles. The van der Waals surface area contributed by atoms with E-state index in [-0.39, 0.29) is 37.6 Å². The Morgan fingerprint density at radius 3 is 1.00 bits per heavy atom. The Hall–Kier alpha value is -0.730. The molecule has 0 spiro atoms. The molecule has 1 heterocycles. The normalized spacial score (nSPS) is 7.64. The third-order valence-corrected chi connectivity index (χ3v) is 0.687. The molecule has 0 aromatic carbocycles. The Morgan fingerprint density at radius 1 is 0.636 bits per heavy atom. The molecule has 1 aromatic rings. The van der Waals surface area contributed by atoms with Crippen LogP contribution in [0.1, 0.15) is 0 Å². The molecular formula is C3H12N6P2. The van der Waals surface area contributed by atoms with Gasteiger partial charge in [0.15, 0.2) is 0 Å². The predicted molar refractivity (Wildman–Crippen MR) is 55.3 cm³/mol. The summed E-state index contributed by atoms with van der Waals surface area (Å²) >= 11 is 0. The fraction of sp³-hybridized carbons (Fsp3) is 0. The highest BCUT2D eigenvalue weighted by Crippen LogP contribution is 1.97. The minimum Gasteiger partial charge on any atom is -0.368 e. The van der Waals surface area contributed by atoms with Gasteiger partial charge in [-0.1, -0.05) is 0 Å². The number of hydrogen-bond acceptors (Lipinski definition) is 6. The van der Waals surface area contributed by atoms with Gasteiger partial charge in [-0.05, 0) is 0 Å². The zero-order chi connectivity index (χ0) is 6.85. The number of hydrogen-bond donors (Lipinski definition) is 3. The van der Waals surface area contributed by atoms with Crippen LogP contribution in [0.2, 0.25) is 0 Å². The topological polar surface area (TPSA) is 117 Å². The lowest BCUT2D eigenvalue weighted by Crippen LogP contribution is -2.05. The first-order valence-electron chi connectivity index (χ1n) is 2.21. The second kappa shape index (κ2) is 4.99. The third-order valence-electron chi connectivity index (χ3n) is 0.687. The maximum atomic E-state index is 5.14. The van der Waals surface area contributed by atoms with Crippen LogP contribution in [0.15, 0.2) is 0 Å². The molecule has 2 unspecified atom stereocenters. The quantitative estimate of drug-likeness (QED) is 0.443. The van der Waals surface area contributed by atoms with E-state index in [1.165, 1.54) is 0 Å². The molecule has 8 heteroatoms. The highest BCUT2D eigenvalue weighted by atomic mass is 31.0. The van der Waals surface area contributed by atoms with Crippen LogP contribution in [0, 0.1) is 0 Å². The van der Waals surface area contributed by atoms with Gasteiger partial charge in [0, 0.05) is 0 Å². The van der Waals surface area contributed by atoms with Crippen molar-refractivity contribution in [3.8, 4) is 0 Å². The minimum atomic E-state index is 0. The number of anilines is 3. The second-order valence-corrected chi connectivity index (χ2v) is 1.41. The number of nitrogen functional groups attached to an aromatic ring is 3. The van der Waals surface area contributed by atoms with E-state index < -0.39 is 0 Å². The lowest BCUT2D eigenvalue weighted by atomic mass is 10.9. The van der Waals surface area contributed by atoms with Crippen LogP contribution >= 0.6 is 19.8 Å². The molecule has 0 aliphatic heterocycles. The van der Waals surface area contributed by atoms with Gasteiger partial charge in [0.25, 0.3) is 0 Å². The lowest BCUT2D eigenvalue weighted by Gasteiger charge is -1.93. The second-order valence-electron chi connectivity index (χ2n) is 1.41. The standard InChI is InChI=1S/C3H6N6.2H3P/c4-1-7-2(5)9-3(6)8-1;;/h(H6,4,5,6,7,8,9);2*1H3. The zero-order valence-corrected chi connectivity index (χ0v) is 8.82. The number of nitrogens with zero attached hydrogens (tertiary/aromatic N) is 3. The molecule has 0 saturated carbocycles. The molecule has 0 fully saturated rings. The smallest absolute Gasteiger partial charge is 0.226 e. The van der Waals surface area contributed by atoms with Gasteiger partial charge in [0.05, 0.1) is 0 Å². The van der Waals surface area contributed by atoms with E-state index in [2.05, 4.69) is 15.0 Å². The molecule has 6 nitrogen and oxygen atoms in total. The highest BCUT2D eigenvalue weighted by molar-refractivity contribution is 6.92. The highest BCUT2D eigenvalue weighted by Gasteiger charge is 1.93. The monoisotopic (exact) mass is 194 g/mol. The molecule has 1 rings (SSSR count). The molecule has 0 radical (unpaired) electrons. The first-order chi connectivity index (χ1) is 4.18. The first kappa shape index (κ1) is 12.9. The summed E-state index contributed by atoms with van der Waals surface area (Å²) in [4.78, 5) is 10.5. The summed E-state index contributed by atoms with van der Waals surface area (Å²) in [6, 6.07) is 0. The van der Waals surface area contributed by atoms with Crippen molar-refractivity contribution in [1.82, 2.24) is 15.0 Å². The maximum Gasteiger partial charge on any atom is 0.226 e. The Morgan fingerprint density at radius 2 is 0.818 bits per heavy atom. The summed E-state index contributed by atoms with van der Waals surface area (Å²) < 4.78 is 0. The van der Waals surface area contributed by atoms with Gasteiger partial charge in [-0.2, -0.15) is 34.7 Å². The van der Waals surface area contributed by atoms with Crippen molar-refractivity contribution >= 4 is 37.6 Å². The van der Waals surface area contributed by atoms with Gasteiger partial charge in [0.1, 0.15) is 0 Å². The number of aromatic nitrogens is 3. The maximum absolute atomic E-state index is 5.14. The van der Waals surface area contributed by atoms with E-state index in [0.717, 1.165) is 0 Å². The van der Waals surface area contributed by atoms with Crippen molar-refractivity contribution in [2.45, 2.75) is 0 Å². The minimum absolute atomic E-state index is 0. The van der Waals surface area contributed by atoms with Crippen molar-refractivity contribution in [3.05, 3.63) is 0 Å². The van der Waals surface area contributed by atoms with Gasteiger partial charge in [-0.3, -0.25) is 0 Å². The van der Waals surface area contributed by atoms with Crippen LogP contribution in [0.5, 0.6) is 0 Å². The molecule has 0 aliphatic carbocycles. The molecule has 0 bridgehead atoms. The summed E-state index contributed by atoms with van der Waals surface area (Å²) in [6.45, 7) is 0. The van der Waals surface area contributed by atoms with Crippen molar-refractivity contribution in [2.75, 3.05) is 17.2 Å². The Bertz CT molecular complexity index is 177.